The lowest BCUT2D eigenvalue weighted by Gasteiger charge is -2.22. The van der Waals surface area contributed by atoms with E-state index in [1.165, 1.54) is 0 Å². The molecule has 6 heteroatoms. The molecule has 2 aliphatic rings. The van der Waals surface area contributed by atoms with Crippen LogP contribution in [0, 0.1) is 0 Å². The predicted molar refractivity (Wildman–Crippen MR) is 96.9 cm³/mol. The lowest BCUT2D eigenvalue weighted by molar-refractivity contribution is 0.0705. The molecule has 1 aliphatic heterocycles. The second-order valence-electron chi connectivity index (χ2n) is 6.77. The lowest BCUT2D eigenvalue weighted by Crippen LogP contribution is -2.37. The first kappa shape index (κ1) is 14.8. The first-order valence-corrected chi connectivity index (χ1v) is 9.53. The molecule has 3 aromatic rings. The van der Waals surface area contributed by atoms with Gasteiger partial charge in [0.05, 0.1) is 10.6 Å². The number of aromatic nitrogens is 3. The number of para-hydroxylation sites is 1. The molecule has 3 heterocycles. The quantitative estimate of drug-likeness (QED) is 0.723. The summed E-state index contributed by atoms with van der Waals surface area (Å²) in [7, 11) is 0. The number of benzene rings is 1. The van der Waals surface area contributed by atoms with E-state index in [2.05, 4.69) is 10.1 Å². The van der Waals surface area contributed by atoms with E-state index in [9.17, 15) is 4.79 Å². The minimum atomic E-state index is -0.0255. The van der Waals surface area contributed by atoms with Gasteiger partial charge in [0, 0.05) is 12.1 Å². The number of hydrogen-bond acceptors (Lipinski definition) is 4. The van der Waals surface area contributed by atoms with E-state index in [4.69, 9.17) is 0 Å². The maximum absolute atomic E-state index is 13.1. The third-order valence-electron chi connectivity index (χ3n) is 5.21. The maximum atomic E-state index is 13.1. The summed E-state index contributed by atoms with van der Waals surface area (Å²) >= 11 is 1.61. The van der Waals surface area contributed by atoms with Crippen LogP contribution in [0.5, 0.6) is 0 Å². The van der Waals surface area contributed by atoms with Gasteiger partial charge in [-0.05, 0) is 49.3 Å². The fraction of sp³-hybridized carbons (Fsp3) is 0.316. The summed E-state index contributed by atoms with van der Waals surface area (Å²) in [4.78, 5) is 20.7. The summed E-state index contributed by atoms with van der Waals surface area (Å²) < 4.78 is 1.79. The van der Waals surface area contributed by atoms with Crippen molar-refractivity contribution in [2.24, 2.45) is 0 Å². The van der Waals surface area contributed by atoms with E-state index in [-0.39, 0.29) is 11.4 Å². The van der Waals surface area contributed by atoms with Gasteiger partial charge in [-0.1, -0.05) is 24.3 Å². The number of carbonyl (C=O) groups excluding carboxylic acids is 1. The molecule has 2 fully saturated rings. The van der Waals surface area contributed by atoms with Gasteiger partial charge in [0.25, 0.3) is 5.91 Å². The number of rotatable bonds is 3. The average molecular weight is 350 g/mol. The van der Waals surface area contributed by atoms with Crippen LogP contribution < -0.4 is 0 Å². The summed E-state index contributed by atoms with van der Waals surface area (Å²) in [6, 6.07) is 13.9. The SMILES string of the molecule is O=C(c1nc(-c2cccs2)n(-c2ccccc2)n1)N1CCCC12CC2. The summed E-state index contributed by atoms with van der Waals surface area (Å²) in [6.07, 6.45) is 4.45. The van der Waals surface area contributed by atoms with Crippen molar-refractivity contribution in [2.45, 2.75) is 31.2 Å². The number of thiophene rings is 1. The highest BCUT2D eigenvalue weighted by Gasteiger charge is 2.53. The van der Waals surface area contributed by atoms with Crippen LogP contribution in [0.25, 0.3) is 16.4 Å². The summed E-state index contributed by atoms with van der Waals surface area (Å²) in [5, 5.41) is 6.61. The second-order valence-corrected chi connectivity index (χ2v) is 7.72. The highest BCUT2D eigenvalue weighted by molar-refractivity contribution is 7.13. The van der Waals surface area contributed by atoms with Crippen LogP contribution in [0.2, 0.25) is 0 Å². The molecule has 0 radical (unpaired) electrons. The number of carbonyl (C=O) groups is 1. The van der Waals surface area contributed by atoms with Gasteiger partial charge in [0.2, 0.25) is 5.82 Å². The van der Waals surface area contributed by atoms with E-state index < -0.39 is 0 Å². The molecular formula is C19H18N4OS. The van der Waals surface area contributed by atoms with E-state index in [0.717, 1.165) is 48.6 Å². The average Bonchev–Trinajstić information content (AvgIpc) is 3.06. The smallest absolute Gasteiger partial charge is 0.294 e. The van der Waals surface area contributed by atoms with Crippen molar-refractivity contribution in [3.63, 3.8) is 0 Å². The molecule has 1 aliphatic carbocycles. The Labute approximate surface area is 149 Å². The molecule has 0 N–H and O–H groups in total. The molecule has 5 rings (SSSR count). The van der Waals surface area contributed by atoms with Crippen LogP contribution in [0.3, 0.4) is 0 Å². The van der Waals surface area contributed by atoms with Gasteiger partial charge in [-0.3, -0.25) is 4.79 Å². The van der Waals surface area contributed by atoms with Crippen molar-refractivity contribution in [3.8, 4) is 16.4 Å². The van der Waals surface area contributed by atoms with Gasteiger partial charge in [-0.15, -0.1) is 16.4 Å². The maximum Gasteiger partial charge on any atom is 0.294 e. The fourth-order valence-electron chi connectivity index (χ4n) is 3.76. The topological polar surface area (TPSA) is 51.0 Å². The van der Waals surface area contributed by atoms with Crippen LogP contribution >= 0.6 is 11.3 Å². The zero-order valence-electron chi connectivity index (χ0n) is 13.8. The Balaban J connectivity index is 1.58. The normalized spacial score (nSPS) is 18.0. The molecule has 25 heavy (non-hydrogen) atoms. The van der Waals surface area contributed by atoms with Gasteiger partial charge in [-0.25, -0.2) is 9.67 Å². The number of amides is 1. The molecule has 5 nitrogen and oxygen atoms in total. The van der Waals surface area contributed by atoms with E-state index >= 15 is 0 Å². The number of likely N-dealkylation sites (tertiary alicyclic amines) is 1. The van der Waals surface area contributed by atoms with Gasteiger partial charge in [0.1, 0.15) is 0 Å². The van der Waals surface area contributed by atoms with Gasteiger partial charge in [-0.2, -0.15) is 0 Å². The predicted octanol–water partition coefficient (Wildman–Crippen LogP) is 3.76. The molecular weight excluding hydrogens is 332 g/mol. The van der Waals surface area contributed by atoms with Crippen molar-refractivity contribution in [2.75, 3.05) is 6.54 Å². The molecule has 0 unspecified atom stereocenters. The van der Waals surface area contributed by atoms with Crippen LogP contribution in [0.1, 0.15) is 36.3 Å². The van der Waals surface area contributed by atoms with E-state index in [1.54, 1.807) is 16.0 Å². The van der Waals surface area contributed by atoms with Crippen LogP contribution in [-0.4, -0.2) is 37.7 Å². The minimum Gasteiger partial charge on any atom is -0.330 e. The van der Waals surface area contributed by atoms with Crippen molar-refractivity contribution >= 4 is 17.2 Å². The lowest BCUT2D eigenvalue weighted by atomic mass is 10.2. The Bertz CT molecular complexity index is 912. The summed E-state index contributed by atoms with van der Waals surface area (Å²) in [5.74, 6) is 1.01. The molecule has 2 aromatic heterocycles. The first-order chi connectivity index (χ1) is 12.3. The fourth-order valence-corrected chi connectivity index (χ4v) is 4.46. The van der Waals surface area contributed by atoms with Crippen LogP contribution in [0.15, 0.2) is 47.8 Å². The van der Waals surface area contributed by atoms with Crippen LogP contribution in [-0.2, 0) is 0 Å². The van der Waals surface area contributed by atoms with Gasteiger partial charge >= 0.3 is 0 Å². The molecule has 0 atom stereocenters. The molecule has 0 bridgehead atoms. The molecule has 1 spiro atoms. The third kappa shape index (κ3) is 2.40. The van der Waals surface area contributed by atoms with E-state index in [1.807, 2.05) is 52.7 Å². The summed E-state index contributed by atoms with van der Waals surface area (Å²) in [6.45, 7) is 0.826. The largest absolute Gasteiger partial charge is 0.330 e. The second kappa shape index (κ2) is 5.52. The van der Waals surface area contributed by atoms with Crippen molar-refractivity contribution < 1.29 is 4.79 Å². The number of nitrogens with zero attached hydrogens (tertiary/aromatic N) is 4. The van der Waals surface area contributed by atoms with Gasteiger partial charge in [0.15, 0.2) is 5.82 Å². The van der Waals surface area contributed by atoms with Crippen molar-refractivity contribution in [1.82, 2.24) is 19.7 Å². The zero-order valence-corrected chi connectivity index (χ0v) is 14.6. The number of hydrogen-bond donors (Lipinski definition) is 0. The Kier molecular flexibility index (Phi) is 3.28. The minimum absolute atomic E-state index is 0.0255. The first-order valence-electron chi connectivity index (χ1n) is 8.65. The molecule has 1 saturated carbocycles. The third-order valence-corrected chi connectivity index (χ3v) is 6.08. The highest BCUT2D eigenvalue weighted by atomic mass is 32.1. The Morgan fingerprint density at radius 2 is 1.92 bits per heavy atom. The molecule has 1 amide bonds. The molecule has 1 aromatic carbocycles. The molecule has 1 saturated heterocycles. The highest BCUT2D eigenvalue weighted by Crippen LogP contribution is 2.49. The zero-order chi connectivity index (χ0) is 16.9. The van der Waals surface area contributed by atoms with Crippen molar-refractivity contribution in [3.05, 3.63) is 53.7 Å². The standard InChI is InChI=1S/C19H18N4OS/c24-18(22-12-5-9-19(22)10-11-19)16-20-17(15-8-4-13-25-15)23(21-16)14-6-2-1-3-7-14/h1-4,6-8,13H,5,9-12H2. The monoisotopic (exact) mass is 350 g/mol. The summed E-state index contributed by atoms with van der Waals surface area (Å²) in [5.41, 5.74) is 1.03. The Morgan fingerprint density at radius 3 is 2.64 bits per heavy atom. The Hall–Kier alpha value is -2.47. The molecule has 126 valence electrons. The Morgan fingerprint density at radius 1 is 1.08 bits per heavy atom. The van der Waals surface area contributed by atoms with Crippen LogP contribution in [0.4, 0.5) is 0 Å². The van der Waals surface area contributed by atoms with Gasteiger partial charge < -0.3 is 4.90 Å². The van der Waals surface area contributed by atoms with Crippen molar-refractivity contribution in [1.29, 1.82) is 0 Å². The van der Waals surface area contributed by atoms with E-state index in [0.29, 0.717) is 5.82 Å².